The Morgan fingerprint density at radius 2 is 1.73 bits per heavy atom. The summed E-state index contributed by atoms with van der Waals surface area (Å²) in [5.41, 5.74) is -0.198. The number of H-pyrrole nitrogens is 1. The first-order chi connectivity index (χ1) is 19.5. The number of aromatic nitrogens is 1. The average molecular weight is 607 g/mol. The van der Waals surface area contributed by atoms with E-state index in [1.54, 1.807) is 0 Å². The number of phenolic OH excluding ortho intramolecular Hbond substituents is 1. The van der Waals surface area contributed by atoms with Gasteiger partial charge in [-0.25, -0.2) is 0 Å². The second kappa shape index (κ2) is 13.8. The molecule has 2 atom stereocenters. The van der Waals surface area contributed by atoms with Crippen molar-refractivity contribution in [3.8, 4) is 16.9 Å². The minimum atomic E-state index is -4.62. The number of halogens is 4. The minimum Gasteiger partial charge on any atom is -0.507 e. The van der Waals surface area contributed by atoms with Gasteiger partial charge in [-0.15, -0.1) is 11.8 Å². The van der Waals surface area contributed by atoms with Crippen LogP contribution in [-0.4, -0.2) is 45.2 Å². The van der Waals surface area contributed by atoms with Crippen LogP contribution in [0.15, 0.2) is 76.4 Å². The van der Waals surface area contributed by atoms with E-state index >= 15 is 0 Å². The van der Waals surface area contributed by atoms with Gasteiger partial charge in [-0.3, -0.25) is 4.79 Å². The first-order valence-electron chi connectivity index (χ1n) is 13.1. The number of aromatic amines is 1. The maximum atomic E-state index is 13.5. The van der Waals surface area contributed by atoms with Gasteiger partial charge in [0.15, 0.2) is 0 Å². The van der Waals surface area contributed by atoms with E-state index in [1.807, 2.05) is 30.3 Å². The molecule has 0 fully saturated rings. The van der Waals surface area contributed by atoms with Gasteiger partial charge in [-0.05, 0) is 74.3 Å². The summed E-state index contributed by atoms with van der Waals surface area (Å²) in [6, 6.07) is 16.5. The Bertz CT molecular complexity index is 1530. The molecule has 4 aromatic rings. The van der Waals surface area contributed by atoms with E-state index in [9.17, 15) is 33.3 Å². The van der Waals surface area contributed by atoms with Crippen molar-refractivity contribution in [2.24, 2.45) is 0 Å². The summed E-state index contributed by atoms with van der Waals surface area (Å²) in [6.45, 7) is 1.21. The lowest BCUT2D eigenvalue weighted by molar-refractivity contribution is -0.137. The fourth-order valence-corrected chi connectivity index (χ4v) is 5.74. The lowest BCUT2D eigenvalue weighted by atomic mass is 9.98. The second-order valence-corrected chi connectivity index (χ2v) is 11.1. The van der Waals surface area contributed by atoms with Crippen LogP contribution in [0.4, 0.5) is 13.2 Å². The molecule has 0 aliphatic heterocycles. The molecule has 0 bridgehead atoms. The van der Waals surface area contributed by atoms with Gasteiger partial charge in [0.2, 0.25) is 0 Å². The Morgan fingerprint density at radius 1 is 0.976 bits per heavy atom. The monoisotopic (exact) mass is 606 g/mol. The lowest BCUT2D eigenvalue weighted by Gasteiger charge is -2.17. The molecule has 3 aromatic carbocycles. The standard InChI is InChI=1S/C30H30ClF3N2O4S/c31-20-9-11-26(39)23(16-20)27-22-15-19(30(32,33)34)8-10-24(22)36-29(40)28(27)41-17-21(37)7-4-13-35-14-12-25(38)18-5-2-1-3-6-18/h1-3,5-6,8-11,15-16,21,25,35,37-39H,4,7,12-14,17H2,(H,36,40). The number of aliphatic hydroxyl groups is 2. The van der Waals surface area contributed by atoms with Gasteiger partial charge in [0.1, 0.15) is 5.75 Å². The van der Waals surface area contributed by atoms with Gasteiger partial charge in [-0.2, -0.15) is 13.2 Å². The van der Waals surface area contributed by atoms with Gasteiger partial charge in [0, 0.05) is 32.8 Å². The number of hydrogen-bond acceptors (Lipinski definition) is 6. The Labute approximate surface area is 244 Å². The number of phenols is 1. The van der Waals surface area contributed by atoms with Crippen LogP contribution in [0, 0.1) is 0 Å². The molecule has 4 rings (SSSR count). The second-order valence-electron chi connectivity index (χ2n) is 9.65. The van der Waals surface area contributed by atoms with Crippen LogP contribution in [0.3, 0.4) is 0 Å². The third-order valence-electron chi connectivity index (χ3n) is 6.62. The number of benzene rings is 3. The maximum Gasteiger partial charge on any atom is 0.416 e. The molecule has 0 saturated carbocycles. The minimum absolute atomic E-state index is 0.0708. The number of alkyl halides is 3. The number of thioether (sulfide) groups is 1. The molecule has 0 radical (unpaired) electrons. The summed E-state index contributed by atoms with van der Waals surface area (Å²) >= 11 is 7.15. The summed E-state index contributed by atoms with van der Waals surface area (Å²) in [4.78, 5) is 15.8. The molecule has 1 heterocycles. The highest BCUT2D eigenvalue weighted by Gasteiger charge is 2.31. The van der Waals surface area contributed by atoms with Crippen molar-refractivity contribution in [3.05, 3.63) is 93.2 Å². The highest BCUT2D eigenvalue weighted by Crippen LogP contribution is 2.42. The summed E-state index contributed by atoms with van der Waals surface area (Å²) in [5.74, 6) is -0.140. The van der Waals surface area contributed by atoms with E-state index < -0.39 is 29.5 Å². The summed E-state index contributed by atoms with van der Waals surface area (Å²) in [6.07, 6.45) is -4.38. The molecule has 0 aliphatic rings. The molecule has 0 saturated heterocycles. The van der Waals surface area contributed by atoms with Crippen molar-refractivity contribution >= 4 is 34.3 Å². The highest BCUT2D eigenvalue weighted by molar-refractivity contribution is 7.99. The van der Waals surface area contributed by atoms with Gasteiger partial charge < -0.3 is 25.6 Å². The fraction of sp³-hybridized carbons (Fsp3) is 0.300. The Morgan fingerprint density at radius 3 is 2.46 bits per heavy atom. The molecular formula is C30H30ClF3N2O4S. The SMILES string of the molecule is O=c1[nH]c2ccc(C(F)(F)F)cc2c(-c2cc(Cl)ccc2O)c1SCC(O)CCCNCCC(O)c1ccccc1. The van der Waals surface area contributed by atoms with Crippen LogP contribution in [0.5, 0.6) is 5.75 Å². The number of pyridine rings is 1. The van der Waals surface area contributed by atoms with Crippen molar-refractivity contribution in [2.45, 2.75) is 42.5 Å². The predicted molar refractivity (Wildman–Crippen MR) is 157 cm³/mol. The molecule has 0 amide bonds. The normalized spacial score (nSPS) is 13.4. The van der Waals surface area contributed by atoms with E-state index in [2.05, 4.69) is 10.3 Å². The van der Waals surface area contributed by atoms with Crippen LogP contribution in [-0.2, 0) is 6.18 Å². The van der Waals surface area contributed by atoms with Gasteiger partial charge in [0.25, 0.3) is 5.56 Å². The molecule has 0 spiro atoms. The van der Waals surface area contributed by atoms with Crippen molar-refractivity contribution < 1.29 is 28.5 Å². The zero-order valence-electron chi connectivity index (χ0n) is 21.9. The molecule has 218 valence electrons. The number of aromatic hydroxyl groups is 1. The average Bonchev–Trinajstić information content (AvgIpc) is 2.94. The van der Waals surface area contributed by atoms with Crippen LogP contribution < -0.4 is 10.9 Å². The molecule has 5 N–H and O–H groups in total. The van der Waals surface area contributed by atoms with Crippen LogP contribution >= 0.6 is 23.4 Å². The van der Waals surface area contributed by atoms with Gasteiger partial charge in [0.05, 0.1) is 22.7 Å². The molecule has 2 unspecified atom stereocenters. The van der Waals surface area contributed by atoms with Crippen molar-refractivity contribution in [1.82, 2.24) is 10.3 Å². The van der Waals surface area contributed by atoms with Gasteiger partial charge in [-0.1, -0.05) is 41.9 Å². The zero-order valence-corrected chi connectivity index (χ0v) is 23.5. The molecule has 0 aliphatic carbocycles. The number of fused-ring (bicyclic) bond motifs is 1. The van der Waals surface area contributed by atoms with E-state index in [0.29, 0.717) is 32.4 Å². The predicted octanol–water partition coefficient (Wildman–Crippen LogP) is 6.52. The van der Waals surface area contributed by atoms with Crippen molar-refractivity contribution in [1.29, 1.82) is 0 Å². The number of aliphatic hydroxyl groups excluding tert-OH is 2. The number of hydrogen-bond donors (Lipinski definition) is 5. The third-order valence-corrected chi connectivity index (χ3v) is 8.08. The Balaban J connectivity index is 1.45. The van der Waals surface area contributed by atoms with E-state index in [-0.39, 0.29) is 43.5 Å². The fourth-order valence-electron chi connectivity index (χ4n) is 4.50. The molecule has 41 heavy (non-hydrogen) atoms. The van der Waals surface area contributed by atoms with Crippen molar-refractivity contribution in [2.75, 3.05) is 18.8 Å². The Hall–Kier alpha value is -3.02. The quantitative estimate of drug-likeness (QED) is 0.0929. The first-order valence-corrected chi connectivity index (χ1v) is 14.4. The summed E-state index contributed by atoms with van der Waals surface area (Å²) in [5, 5.41) is 35.0. The number of nitrogens with one attached hydrogen (secondary N) is 2. The first kappa shape index (κ1) is 30.9. The molecular weight excluding hydrogens is 577 g/mol. The van der Waals surface area contributed by atoms with E-state index in [4.69, 9.17) is 11.6 Å². The van der Waals surface area contributed by atoms with E-state index in [0.717, 1.165) is 29.5 Å². The third kappa shape index (κ3) is 8.05. The summed E-state index contributed by atoms with van der Waals surface area (Å²) in [7, 11) is 0. The van der Waals surface area contributed by atoms with Crippen LogP contribution in [0.25, 0.3) is 22.0 Å². The van der Waals surface area contributed by atoms with Crippen LogP contribution in [0.2, 0.25) is 5.02 Å². The topological polar surface area (TPSA) is 106 Å². The largest absolute Gasteiger partial charge is 0.507 e. The van der Waals surface area contributed by atoms with Gasteiger partial charge >= 0.3 is 6.18 Å². The number of rotatable bonds is 12. The van der Waals surface area contributed by atoms with Crippen LogP contribution in [0.1, 0.15) is 36.5 Å². The zero-order chi connectivity index (χ0) is 29.6. The maximum absolute atomic E-state index is 13.5. The van der Waals surface area contributed by atoms with E-state index in [1.165, 1.54) is 24.3 Å². The smallest absolute Gasteiger partial charge is 0.416 e. The molecule has 1 aromatic heterocycles. The molecule has 11 heteroatoms. The highest BCUT2D eigenvalue weighted by atomic mass is 35.5. The molecule has 6 nitrogen and oxygen atoms in total. The van der Waals surface area contributed by atoms with Crippen molar-refractivity contribution in [3.63, 3.8) is 0 Å². The summed E-state index contributed by atoms with van der Waals surface area (Å²) < 4.78 is 40.6. The lowest BCUT2D eigenvalue weighted by Crippen LogP contribution is -2.21. The Kier molecular flexibility index (Phi) is 10.4.